The lowest BCUT2D eigenvalue weighted by atomic mass is 9.84. The van der Waals surface area contributed by atoms with Crippen molar-refractivity contribution in [1.82, 2.24) is 5.32 Å². The molecule has 1 saturated carbocycles. The minimum atomic E-state index is -0.117. The molecule has 0 heterocycles. The molecule has 0 amide bonds. The van der Waals surface area contributed by atoms with Gasteiger partial charge in [-0.15, -0.1) is 0 Å². The van der Waals surface area contributed by atoms with Crippen molar-refractivity contribution in [3.8, 4) is 0 Å². The largest absolute Gasteiger partial charge is 0.313 e. The van der Waals surface area contributed by atoms with E-state index in [2.05, 4.69) is 19.2 Å². The van der Waals surface area contributed by atoms with Gasteiger partial charge >= 0.3 is 0 Å². The zero-order valence-corrected chi connectivity index (χ0v) is 12.6. The third-order valence-corrected chi connectivity index (χ3v) is 4.16. The molecule has 0 aromatic heterocycles. The number of nitrogens with one attached hydrogen (secondary N) is 1. The van der Waals surface area contributed by atoms with E-state index in [1.807, 2.05) is 13.8 Å². The average Bonchev–Trinajstić information content (AvgIpc) is 3.08. The molecule has 0 aliphatic heterocycles. The fourth-order valence-corrected chi connectivity index (χ4v) is 2.59. The number of aryl methyl sites for hydroxylation is 2. The summed E-state index contributed by atoms with van der Waals surface area (Å²) in [5, 5.41) is 3.61. The molecular weight excluding hydrogens is 237 g/mol. The number of rotatable bonds is 6. The SMILES string of the molecule is Cc1cc(F)cc(C)c1CCC(C)(C)CNC1CC1. The second-order valence-corrected chi connectivity index (χ2v) is 6.84. The number of halogens is 1. The molecule has 0 atom stereocenters. The van der Waals surface area contributed by atoms with Crippen molar-refractivity contribution in [2.45, 2.75) is 59.4 Å². The Balaban J connectivity index is 1.93. The third kappa shape index (κ3) is 4.31. The van der Waals surface area contributed by atoms with Crippen molar-refractivity contribution in [3.63, 3.8) is 0 Å². The van der Waals surface area contributed by atoms with Crippen LogP contribution in [0.15, 0.2) is 12.1 Å². The zero-order valence-electron chi connectivity index (χ0n) is 12.6. The van der Waals surface area contributed by atoms with Crippen LogP contribution >= 0.6 is 0 Å². The molecule has 0 unspecified atom stereocenters. The normalized spacial score (nSPS) is 15.8. The summed E-state index contributed by atoms with van der Waals surface area (Å²) in [7, 11) is 0. The van der Waals surface area contributed by atoms with E-state index >= 15 is 0 Å². The lowest BCUT2D eigenvalue weighted by Crippen LogP contribution is -2.31. The van der Waals surface area contributed by atoms with Gasteiger partial charge in [0.25, 0.3) is 0 Å². The highest BCUT2D eigenvalue weighted by Gasteiger charge is 2.25. The Hall–Kier alpha value is -0.890. The lowest BCUT2D eigenvalue weighted by Gasteiger charge is -2.26. The molecule has 1 aliphatic carbocycles. The minimum absolute atomic E-state index is 0.117. The van der Waals surface area contributed by atoms with Crippen LogP contribution in [0.5, 0.6) is 0 Å². The van der Waals surface area contributed by atoms with Crippen LogP contribution in [0.1, 0.15) is 49.8 Å². The molecule has 1 aromatic rings. The van der Waals surface area contributed by atoms with E-state index in [0.29, 0.717) is 5.41 Å². The van der Waals surface area contributed by atoms with Gasteiger partial charge in [-0.2, -0.15) is 0 Å². The van der Waals surface area contributed by atoms with E-state index in [4.69, 9.17) is 0 Å². The van der Waals surface area contributed by atoms with Gasteiger partial charge in [0.1, 0.15) is 5.82 Å². The predicted molar refractivity (Wildman–Crippen MR) is 79.0 cm³/mol. The molecule has 19 heavy (non-hydrogen) atoms. The van der Waals surface area contributed by atoms with Crippen LogP contribution < -0.4 is 5.32 Å². The second-order valence-electron chi connectivity index (χ2n) is 6.84. The molecule has 1 fully saturated rings. The highest BCUT2D eigenvalue weighted by molar-refractivity contribution is 5.34. The van der Waals surface area contributed by atoms with E-state index in [9.17, 15) is 4.39 Å². The molecule has 0 radical (unpaired) electrons. The molecule has 1 aliphatic rings. The van der Waals surface area contributed by atoms with Crippen LogP contribution in [-0.2, 0) is 6.42 Å². The van der Waals surface area contributed by atoms with Gasteiger partial charge in [0.15, 0.2) is 0 Å². The first-order valence-corrected chi connectivity index (χ1v) is 7.36. The molecule has 0 saturated heterocycles. The minimum Gasteiger partial charge on any atom is -0.313 e. The summed E-state index contributed by atoms with van der Waals surface area (Å²) in [6, 6.07) is 4.07. The van der Waals surface area contributed by atoms with Gasteiger partial charge in [0, 0.05) is 12.6 Å². The van der Waals surface area contributed by atoms with Crippen LogP contribution in [0, 0.1) is 25.1 Å². The molecule has 2 heteroatoms. The Morgan fingerprint density at radius 3 is 2.32 bits per heavy atom. The van der Waals surface area contributed by atoms with E-state index in [0.717, 1.165) is 36.6 Å². The van der Waals surface area contributed by atoms with Crippen molar-refractivity contribution < 1.29 is 4.39 Å². The van der Waals surface area contributed by atoms with Crippen molar-refractivity contribution in [2.75, 3.05) is 6.54 Å². The number of hydrogen-bond donors (Lipinski definition) is 1. The van der Waals surface area contributed by atoms with E-state index in [1.54, 1.807) is 12.1 Å². The van der Waals surface area contributed by atoms with E-state index in [1.165, 1.54) is 18.4 Å². The summed E-state index contributed by atoms with van der Waals surface area (Å²) in [6.07, 6.45) is 4.86. The monoisotopic (exact) mass is 263 g/mol. The van der Waals surface area contributed by atoms with Gasteiger partial charge < -0.3 is 5.32 Å². The standard InChI is InChI=1S/C17H26FN/c1-12-9-14(18)10-13(2)16(12)7-8-17(3,4)11-19-15-5-6-15/h9-10,15,19H,5-8,11H2,1-4H3. The van der Waals surface area contributed by atoms with Gasteiger partial charge in [0.2, 0.25) is 0 Å². The summed E-state index contributed by atoms with van der Waals surface area (Å²) in [4.78, 5) is 0. The zero-order chi connectivity index (χ0) is 14.0. The summed E-state index contributed by atoms with van der Waals surface area (Å²) in [5.74, 6) is -0.117. The Labute approximate surface area is 116 Å². The Morgan fingerprint density at radius 2 is 1.79 bits per heavy atom. The van der Waals surface area contributed by atoms with Crippen molar-refractivity contribution in [3.05, 3.63) is 34.6 Å². The molecule has 1 aromatic carbocycles. The molecule has 0 spiro atoms. The summed E-state index contributed by atoms with van der Waals surface area (Å²) >= 11 is 0. The highest BCUT2D eigenvalue weighted by Crippen LogP contribution is 2.27. The van der Waals surface area contributed by atoms with Crippen molar-refractivity contribution >= 4 is 0 Å². The van der Waals surface area contributed by atoms with Gasteiger partial charge in [0.05, 0.1) is 0 Å². The Bertz CT molecular complexity index is 424. The first-order valence-electron chi connectivity index (χ1n) is 7.36. The molecular formula is C17H26FN. The Morgan fingerprint density at radius 1 is 1.21 bits per heavy atom. The summed E-state index contributed by atoms with van der Waals surface area (Å²) in [6.45, 7) is 9.74. The van der Waals surface area contributed by atoms with Gasteiger partial charge in [-0.3, -0.25) is 0 Å². The van der Waals surface area contributed by atoms with Crippen LogP contribution in [0.25, 0.3) is 0 Å². The van der Waals surface area contributed by atoms with Crippen LogP contribution in [0.3, 0.4) is 0 Å². The quantitative estimate of drug-likeness (QED) is 0.813. The van der Waals surface area contributed by atoms with E-state index in [-0.39, 0.29) is 5.82 Å². The summed E-state index contributed by atoms with van der Waals surface area (Å²) < 4.78 is 13.3. The van der Waals surface area contributed by atoms with Crippen LogP contribution in [0.2, 0.25) is 0 Å². The lowest BCUT2D eigenvalue weighted by molar-refractivity contribution is 0.313. The van der Waals surface area contributed by atoms with Crippen LogP contribution in [-0.4, -0.2) is 12.6 Å². The van der Waals surface area contributed by atoms with Crippen molar-refractivity contribution in [2.24, 2.45) is 5.41 Å². The first-order chi connectivity index (χ1) is 8.87. The fourth-order valence-electron chi connectivity index (χ4n) is 2.59. The molecule has 2 rings (SSSR count). The predicted octanol–water partition coefficient (Wildman–Crippen LogP) is 4.15. The van der Waals surface area contributed by atoms with E-state index < -0.39 is 0 Å². The second kappa shape index (κ2) is 5.62. The Kier molecular flexibility index (Phi) is 4.29. The molecule has 1 nitrogen and oxygen atoms in total. The third-order valence-electron chi connectivity index (χ3n) is 4.16. The van der Waals surface area contributed by atoms with Crippen molar-refractivity contribution in [1.29, 1.82) is 0 Å². The number of hydrogen-bond acceptors (Lipinski definition) is 1. The first kappa shape index (κ1) is 14.5. The van der Waals surface area contributed by atoms with Crippen LogP contribution in [0.4, 0.5) is 4.39 Å². The maximum absolute atomic E-state index is 13.3. The maximum Gasteiger partial charge on any atom is 0.123 e. The smallest absolute Gasteiger partial charge is 0.123 e. The fraction of sp³-hybridized carbons (Fsp3) is 0.647. The topological polar surface area (TPSA) is 12.0 Å². The highest BCUT2D eigenvalue weighted by atomic mass is 19.1. The molecule has 0 bridgehead atoms. The number of benzene rings is 1. The van der Waals surface area contributed by atoms with Gasteiger partial charge in [-0.25, -0.2) is 4.39 Å². The summed E-state index contributed by atoms with van der Waals surface area (Å²) in [5.41, 5.74) is 3.79. The average molecular weight is 263 g/mol. The van der Waals surface area contributed by atoms with Gasteiger partial charge in [-0.1, -0.05) is 13.8 Å². The maximum atomic E-state index is 13.3. The molecule has 106 valence electrons. The molecule has 1 N–H and O–H groups in total. The van der Waals surface area contributed by atoms with Gasteiger partial charge in [-0.05, 0) is 73.8 Å².